The van der Waals surface area contributed by atoms with E-state index in [1.54, 1.807) is 11.3 Å². The number of rotatable bonds is 4. The number of anilines is 1. The Hall–Kier alpha value is -1.82. The van der Waals surface area contributed by atoms with E-state index >= 15 is 0 Å². The number of nitrogens with zero attached hydrogens (tertiary/aromatic N) is 3. The molecule has 1 amide bonds. The van der Waals surface area contributed by atoms with Crippen LogP contribution in [0.25, 0.3) is 10.2 Å². The summed E-state index contributed by atoms with van der Waals surface area (Å²) in [6.07, 6.45) is 5.48. The van der Waals surface area contributed by atoms with Crippen molar-refractivity contribution in [2.45, 2.75) is 39.0 Å². The maximum atomic E-state index is 12.7. The first-order valence-corrected chi connectivity index (χ1v) is 10.6. The normalized spacial score (nSPS) is 19.1. The number of likely N-dealkylation sites (tertiary alicyclic amines) is 1. The Morgan fingerprint density at radius 3 is 2.69 bits per heavy atom. The Balaban J connectivity index is 1.39. The Morgan fingerprint density at radius 1 is 1.19 bits per heavy atom. The molecular weight excluding hydrogens is 346 g/mol. The van der Waals surface area contributed by atoms with Gasteiger partial charge in [0, 0.05) is 32.1 Å². The van der Waals surface area contributed by atoms with Gasteiger partial charge < -0.3 is 14.5 Å². The lowest BCUT2D eigenvalue weighted by Gasteiger charge is -2.35. The van der Waals surface area contributed by atoms with Gasteiger partial charge in [0.1, 0.15) is 5.75 Å². The van der Waals surface area contributed by atoms with Crippen molar-refractivity contribution in [1.82, 2.24) is 9.88 Å². The van der Waals surface area contributed by atoms with Crippen molar-refractivity contribution in [3.05, 3.63) is 18.2 Å². The molecule has 0 aliphatic carbocycles. The summed E-state index contributed by atoms with van der Waals surface area (Å²) in [5.41, 5.74) is 1.03. The molecule has 3 heterocycles. The first kappa shape index (κ1) is 17.6. The number of ether oxygens (including phenoxy) is 1. The van der Waals surface area contributed by atoms with Crippen LogP contribution in [0.5, 0.6) is 5.75 Å². The fraction of sp³-hybridized carbons (Fsp3) is 0.600. The van der Waals surface area contributed by atoms with Gasteiger partial charge in [-0.05, 0) is 57.2 Å². The maximum absolute atomic E-state index is 12.7. The lowest BCUT2D eigenvalue weighted by Crippen LogP contribution is -2.44. The van der Waals surface area contributed by atoms with Gasteiger partial charge >= 0.3 is 0 Å². The summed E-state index contributed by atoms with van der Waals surface area (Å²) in [7, 11) is 0. The van der Waals surface area contributed by atoms with Gasteiger partial charge in [-0.3, -0.25) is 4.79 Å². The smallest absolute Gasteiger partial charge is 0.225 e. The summed E-state index contributed by atoms with van der Waals surface area (Å²) >= 11 is 1.72. The number of hydrogen-bond donors (Lipinski definition) is 0. The van der Waals surface area contributed by atoms with Crippen molar-refractivity contribution < 1.29 is 9.53 Å². The van der Waals surface area contributed by atoms with Crippen LogP contribution in [-0.4, -0.2) is 48.6 Å². The predicted molar refractivity (Wildman–Crippen MR) is 106 cm³/mol. The highest BCUT2D eigenvalue weighted by molar-refractivity contribution is 7.22. The molecule has 2 aliphatic rings. The zero-order valence-electron chi connectivity index (χ0n) is 15.4. The highest BCUT2D eigenvalue weighted by atomic mass is 32.1. The van der Waals surface area contributed by atoms with Gasteiger partial charge in [0.15, 0.2) is 5.13 Å². The van der Waals surface area contributed by atoms with Crippen molar-refractivity contribution in [3.63, 3.8) is 0 Å². The van der Waals surface area contributed by atoms with Gasteiger partial charge in [0.25, 0.3) is 0 Å². The molecule has 0 unspecified atom stereocenters. The molecule has 2 aliphatic heterocycles. The van der Waals surface area contributed by atoms with E-state index in [-0.39, 0.29) is 5.92 Å². The summed E-state index contributed by atoms with van der Waals surface area (Å²) in [6, 6.07) is 6.10. The standard InChI is InChI=1S/C20H27N3O2S/c1-2-25-16-6-7-17-18(14-16)26-20(21-17)23-12-8-15(9-13-23)19(24)22-10-4-3-5-11-22/h6-7,14-15H,2-5,8-13H2,1H3. The van der Waals surface area contributed by atoms with Crippen LogP contribution in [0, 0.1) is 5.92 Å². The third-order valence-electron chi connectivity index (χ3n) is 5.44. The first-order chi connectivity index (χ1) is 12.7. The lowest BCUT2D eigenvalue weighted by molar-refractivity contribution is -0.137. The Morgan fingerprint density at radius 2 is 1.96 bits per heavy atom. The van der Waals surface area contributed by atoms with E-state index in [0.717, 1.165) is 60.1 Å². The fourth-order valence-electron chi connectivity index (χ4n) is 3.97. The molecule has 0 spiro atoms. The number of carbonyl (C=O) groups is 1. The number of fused-ring (bicyclic) bond motifs is 1. The van der Waals surface area contributed by atoms with Crippen molar-refractivity contribution in [3.8, 4) is 5.75 Å². The number of hydrogen-bond acceptors (Lipinski definition) is 5. The average Bonchev–Trinajstić information content (AvgIpc) is 3.12. The lowest BCUT2D eigenvalue weighted by atomic mass is 9.94. The molecule has 140 valence electrons. The monoisotopic (exact) mass is 373 g/mol. The molecular formula is C20H27N3O2S. The van der Waals surface area contributed by atoms with E-state index in [2.05, 4.69) is 15.9 Å². The van der Waals surface area contributed by atoms with Crippen molar-refractivity contribution >= 4 is 32.6 Å². The van der Waals surface area contributed by atoms with E-state index < -0.39 is 0 Å². The quantitative estimate of drug-likeness (QED) is 0.815. The van der Waals surface area contributed by atoms with Gasteiger partial charge in [0.05, 0.1) is 16.8 Å². The second kappa shape index (κ2) is 7.82. The first-order valence-electron chi connectivity index (χ1n) is 9.81. The van der Waals surface area contributed by atoms with Crippen molar-refractivity contribution in [1.29, 1.82) is 0 Å². The third kappa shape index (κ3) is 3.65. The molecule has 0 radical (unpaired) electrons. The van der Waals surface area contributed by atoms with Crippen LogP contribution in [0.3, 0.4) is 0 Å². The van der Waals surface area contributed by atoms with Gasteiger partial charge in [-0.25, -0.2) is 4.98 Å². The highest BCUT2D eigenvalue weighted by Gasteiger charge is 2.30. The van der Waals surface area contributed by atoms with E-state index in [1.165, 1.54) is 19.3 Å². The van der Waals surface area contributed by atoms with Gasteiger partial charge in [-0.1, -0.05) is 11.3 Å². The van der Waals surface area contributed by atoms with E-state index in [0.29, 0.717) is 12.5 Å². The summed E-state index contributed by atoms with van der Waals surface area (Å²) in [6.45, 7) is 6.43. The van der Waals surface area contributed by atoms with Crippen LogP contribution in [0.4, 0.5) is 5.13 Å². The zero-order valence-corrected chi connectivity index (χ0v) is 16.3. The summed E-state index contributed by atoms with van der Waals surface area (Å²) in [5.74, 6) is 1.49. The highest BCUT2D eigenvalue weighted by Crippen LogP contribution is 2.34. The molecule has 2 aromatic rings. The maximum Gasteiger partial charge on any atom is 0.225 e. The Labute approximate surface area is 159 Å². The third-order valence-corrected chi connectivity index (χ3v) is 6.52. The second-order valence-corrected chi connectivity index (χ2v) is 8.22. The molecule has 4 rings (SSSR count). The van der Waals surface area contributed by atoms with Gasteiger partial charge in [0.2, 0.25) is 5.91 Å². The summed E-state index contributed by atoms with van der Waals surface area (Å²) in [4.78, 5) is 21.9. The SMILES string of the molecule is CCOc1ccc2nc(N3CCC(C(=O)N4CCCCC4)CC3)sc2c1. The Kier molecular flexibility index (Phi) is 5.29. The molecule has 2 fully saturated rings. The van der Waals surface area contributed by atoms with Crippen LogP contribution in [-0.2, 0) is 4.79 Å². The molecule has 0 atom stereocenters. The molecule has 0 bridgehead atoms. The molecule has 1 aromatic heterocycles. The van der Waals surface area contributed by atoms with Crippen molar-refractivity contribution in [2.75, 3.05) is 37.7 Å². The number of amides is 1. The van der Waals surface area contributed by atoms with Crippen LogP contribution >= 0.6 is 11.3 Å². The summed E-state index contributed by atoms with van der Waals surface area (Å²) in [5, 5.41) is 1.07. The number of piperidine rings is 2. The topological polar surface area (TPSA) is 45.7 Å². The molecule has 0 N–H and O–H groups in total. The van der Waals surface area contributed by atoms with Crippen LogP contribution in [0.2, 0.25) is 0 Å². The molecule has 1 aromatic carbocycles. The molecule has 26 heavy (non-hydrogen) atoms. The van der Waals surface area contributed by atoms with Crippen LogP contribution in [0.15, 0.2) is 18.2 Å². The Bertz CT molecular complexity index is 762. The average molecular weight is 374 g/mol. The number of aromatic nitrogens is 1. The molecule has 6 heteroatoms. The number of benzene rings is 1. The zero-order chi connectivity index (χ0) is 17.9. The minimum Gasteiger partial charge on any atom is -0.494 e. The van der Waals surface area contributed by atoms with Gasteiger partial charge in [-0.2, -0.15) is 0 Å². The second-order valence-electron chi connectivity index (χ2n) is 7.21. The van der Waals surface area contributed by atoms with Gasteiger partial charge in [-0.15, -0.1) is 0 Å². The largest absolute Gasteiger partial charge is 0.494 e. The number of carbonyl (C=O) groups excluding carboxylic acids is 1. The molecule has 0 saturated carbocycles. The predicted octanol–water partition coefficient (Wildman–Crippen LogP) is 3.92. The number of thiazole rings is 1. The molecule has 5 nitrogen and oxygen atoms in total. The van der Waals surface area contributed by atoms with Crippen LogP contribution < -0.4 is 9.64 Å². The van der Waals surface area contributed by atoms with E-state index in [4.69, 9.17) is 9.72 Å². The molecule has 2 saturated heterocycles. The van der Waals surface area contributed by atoms with E-state index in [9.17, 15) is 4.79 Å². The van der Waals surface area contributed by atoms with E-state index in [1.807, 2.05) is 19.1 Å². The van der Waals surface area contributed by atoms with Crippen LogP contribution in [0.1, 0.15) is 39.0 Å². The fourth-order valence-corrected chi connectivity index (χ4v) is 5.02. The minimum absolute atomic E-state index is 0.197. The van der Waals surface area contributed by atoms with Crippen molar-refractivity contribution in [2.24, 2.45) is 5.92 Å². The summed E-state index contributed by atoms with van der Waals surface area (Å²) < 4.78 is 6.75. The minimum atomic E-state index is 0.197.